The summed E-state index contributed by atoms with van der Waals surface area (Å²) in [6.45, 7) is 14.6. The Morgan fingerprint density at radius 3 is 1.56 bits per heavy atom. The first-order chi connectivity index (χ1) is 7.51. The molecular formula is C12H19NO3. The summed E-state index contributed by atoms with van der Waals surface area (Å²) in [5.74, 6) is -0.981. The summed E-state index contributed by atoms with van der Waals surface area (Å²) < 4.78 is 0. The number of hydrogen-bond acceptors (Lipinski definition) is 3. The van der Waals surface area contributed by atoms with Gasteiger partial charge in [0, 0.05) is 12.2 Å². The van der Waals surface area contributed by atoms with Gasteiger partial charge in [-0.15, -0.1) is 13.2 Å². The van der Waals surface area contributed by atoms with Crippen LogP contribution in [0.1, 0.15) is 6.92 Å². The van der Waals surface area contributed by atoms with Gasteiger partial charge in [-0.05, 0) is 6.92 Å². The second kappa shape index (κ2) is 38.4. The van der Waals surface area contributed by atoms with E-state index in [-0.39, 0.29) is 6.61 Å². The molecule has 0 aromatic carbocycles. The zero-order valence-corrected chi connectivity index (χ0v) is 9.59. The van der Waals surface area contributed by atoms with Crippen molar-refractivity contribution in [1.82, 2.24) is 0 Å². The molecule has 0 aromatic rings. The highest BCUT2D eigenvalue weighted by atomic mass is 16.4. The molecule has 0 rings (SSSR count). The van der Waals surface area contributed by atoms with Crippen molar-refractivity contribution < 1.29 is 15.0 Å². The molecule has 0 saturated carbocycles. The van der Waals surface area contributed by atoms with Gasteiger partial charge in [0.1, 0.15) is 0 Å². The quantitative estimate of drug-likeness (QED) is 0.429. The SMILES string of the molecule is C=CC.C=CC#N.C=CC(=O)O.C=CCO. The van der Waals surface area contributed by atoms with Crippen molar-refractivity contribution in [3.63, 3.8) is 0 Å². The van der Waals surface area contributed by atoms with E-state index in [0.717, 1.165) is 6.08 Å². The van der Waals surface area contributed by atoms with E-state index in [1.165, 1.54) is 12.2 Å². The van der Waals surface area contributed by atoms with Crippen LogP contribution in [0.4, 0.5) is 0 Å². The summed E-state index contributed by atoms with van der Waals surface area (Å²) in [6, 6.07) is 1.69. The van der Waals surface area contributed by atoms with Gasteiger partial charge in [0.25, 0.3) is 0 Å². The van der Waals surface area contributed by atoms with E-state index in [4.69, 9.17) is 15.5 Å². The van der Waals surface area contributed by atoms with Crippen molar-refractivity contribution in [1.29, 1.82) is 5.26 Å². The number of allylic oxidation sites excluding steroid dienone is 2. The number of aliphatic hydroxyl groups is 1. The number of carboxylic acid groups (broad SMARTS) is 1. The largest absolute Gasteiger partial charge is 0.478 e. The highest BCUT2D eigenvalue weighted by molar-refractivity contribution is 5.78. The minimum Gasteiger partial charge on any atom is -0.478 e. The monoisotopic (exact) mass is 225 g/mol. The standard InChI is InChI=1S/C3H3N.C3H4O2.C3H6O.C3H6/c1-2-3-4;1-2-3(4)5;1-2-3-4;1-3-2/h2H,1H2;2H,1H2,(H,4,5);2,4H,1,3H2;3H,1H2,2H3. The topological polar surface area (TPSA) is 81.3 Å². The fourth-order valence-electron chi connectivity index (χ4n) is 0. The minimum atomic E-state index is -0.981. The van der Waals surface area contributed by atoms with E-state index in [2.05, 4.69) is 26.3 Å². The lowest BCUT2D eigenvalue weighted by Gasteiger charge is -1.64. The van der Waals surface area contributed by atoms with Gasteiger partial charge >= 0.3 is 5.97 Å². The van der Waals surface area contributed by atoms with Crippen molar-refractivity contribution in [2.45, 2.75) is 6.92 Å². The lowest BCUT2D eigenvalue weighted by Crippen LogP contribution is -1.82. The summed E-state index contributed by atoms with van der Waals surface area (Å²) in [5, 5.41) is 22.9. The summed E-state index contributed by atoms with van der Waals surface area (Å²) in [5.41, 5.74) is 0. The first-order valence-corrected chi connectivity index (χ1v) is 4.16. The lowest BCUT2D eigenvalue weighted by molar-refractivity contribution is -0.131. The first kappa shape index (κ1) is 23.6. The van der Waals surface area contributed by atoms with Gasteiger partial charge in [0.05, 0.1) is 12.7 Å². The molecular weight excluding hydrogens is 206 g/mol. The number of aliphatic hydroxyl groups excluding tert-OH is 1. The van der Waals surface area contributed by atoms with E-state index in [9.17, 15) is 4.79 Å². The molecule has 0 atom stereocenters. The van der Waals surface area contributed by atoms with Crippen LogP contribution in [0.15, 0.2) is 50.6 Å². The Kier molecular flexibility index (Phi) is 56.6. The average molecular weight is 225 g/mol. The minimum absolute atomic E-state index is 0.0833. The Labute approximate surface area is 97.2 Å². The van der Waals surface area contributed by atoms with E-state index < -0.39 is 5.97 Å². The van der Waals surface area contributed by atoms with Crippen LogP contribution in [0.2, 0.25) is 0 Å². The van der Waals surface area contributed by atoms with Crippen molar-refractivity contribution in [2.24, 2.45) is 0 Å². The molecule has 0 aliphatic rings. The number of nitrogens with zero attached hydrogens (tertiary/aromatic N) is 1. The molecule has 0 aliphatic heterocycles. The van der Waals surface area contributed by atoms with Crippen LogP contribution in [0.25, 0.3) is 0 Å². The summed E-state index contributed by atoms with van der Waals surface area (Å²) in [6.07, 6.45) is 5.19. The molecule has 0 aromatic heterocycles. The Morgan fingerprint density at radius 2 is 1.56 bits per heavy atom. The van der Waals surface area contributed by atoms with E-state index in [1.807, 2.05) is 6.92 Å². The molecule has 0 spiro atoms. The van der Waals surface area contributed by atoms with Crippen molar-refractivity contribution in [3.05, 3.63) is 50.6 Å². The molecule has 4 heteroatoms. The van der Waals surface area contributed by atoms with Gasteiger partial charge in [0.15, 0.2) is 0 Å². The summed E-state index contributed by atoms with van der Waals surface area (Å²) in [7, 11) is 0. The Balaban J connectivity index is -0.0000000610. The molecule has 0 aliphatic carbocycles. The number of carboxylic acids is 1. The fourth-order valence-corrected chi connectivity index (χ4v) is 0. The fraction of sp³-hybridized carbons (Fsp3) is 0.167. The highest BCUT2D eigenvalue weighted by Gasteiger charge is 1.73. The van der Waals surface area contributed by atoms with Gasteiger partial charge in [-0.1, -0.05) is 25.3 Å². The third kappa shape index (κ3) is 398. The van der Waals surface area contributed by atoms with Crippen molar-refractivity contribution in [2.75, 3.05) is 6.61 Å². The maximum absolute atomic E-state index is 9.25. The Bertz CT molecular complexity index is 227. The second-order valence-electron chi connectivity index (χ2n) is 1.76. The number of carbonyl (C=O) groups is 1. The molecule has 0 bridgehead atoms. The Morgan fingerprint density at radius 1 is 1.38 bits per heavy atom. The maximum Gasteiger partial charge on any atom is 0.327 e. The predicted molar refractivity (Wildman–Crippen MR) is 66.8 cm³/mol. The van der Waals surface area contributed by atoms with Gasteiger partial charge in [0.2, 0.25) is 0 Å². The average Bonchev–Trinajstić information content (AvgIpc) is 2.30. The van der Waals surface area contributed by atoms with Crippen LogP contribution >= 0.6 is 0 Å². The van der Waals surface area contributed by atoms with E-state index in [1.54, 1.807) is 12.1 Å². The molecule has 2 N–H and O–H groups in total. The van der Waals surface area contributed by atoms with Gasteiger partial charge in [-0.2, -0.15) is 5.26 Å². The first-order valence-electron chi connectivity index (χ1n) is 4.16. The van der Waals surface area contributed by atoms with Gasteiger partial charge in [-0.3, -0.25) is 0 Å². The van der Waals surface area contributed by atoms with Crippen LogP contribution in [-0.2, 0) is 4.79 Å². The van der Waals surface area contributed by atoms with Gasteiger partial charge < -0.3 is 10.2 Å². The Hall–Kier alpha value is -2.12. The third-order valence-corrected chi connectivity index (χ3v) is 0.395. The van der Waals surface area contributed by atoms with Crippen LogP contribution < -0.4 is 0 Å². The van der Waals surface area contributed by atoms with Gasteiger partial charge in [-0.25, -0.2) is 4.79 Å². The number of hydrogen-bond donors (Lipinski definition) is 2. The summed E-state index contributed by atoms with van der Waals surface area (Å²) >= 11 is 0. The zero-order chi connectivity index (χ0) is 13.8. The predicted octanol–water partition coefficient (Wildman–Crippen LogP) is 2.31. The maximum atomic E-state index is 9.25. The molecule has 0 unspecified atom stereocenters. The molecule has 0 saturated heterocycles. The number of rotatable bonds is 2. The van der Waals surface area contributed by atoms with Crippen molar-refractivity contribution >= 4 is 5.97 Å². The van der Waals surface area contributed by atoms with Crippen LogP contribution in [0.5, 0.6) is 0 Å². The molecule has 16 heavy (non-hydrogen) atoms. The van der Waals surface area contributed by atoms with Crippen LogP contribution in [0, 0.1) is 11.3 Å². The van der Waals surface area contributed by atoms with Crippen LogP contribution in [-0.4, -0.2) is 22.8 Å². The second-order valence-corrected chi connectivity index (χ2v) is 1.76. The molecule has 0 radical (unpaired) electrons. The zero-order valence-electron chi connectivity index (χ0n) is 9.59. The third-order valence-electron chi connectivity index (χ3n) is 0.395. The highest BCUT2D eigenvalue weighted by Crippen LogP contribution is 1.54. The van der Waals surface area contributed by atoms with Crippen molar-refractivity contribution in [3.8, 4) is 6.07 Å². The number of nitriles is 1. The van der Waals surface area contributed by atoms with Crippen LogP contribution in [0.3, 0.4) is 0 Å². The molecule has 0 heterocycles. The molecule has 0 amide bonds. The molecule has 4 nitrogen and oxygen atoms in total. The van der Waals surface area contributed by atoms with E-state index in [0.29, 0.717) is 0 Å². The number of aliphatic carboxylic acids is 1. The molecule has 90 valence electrons. The summed E-state index contributed by atoms with van der Waals surface area (Å²) in [4.78, 5) is 9.25. The smallest absolute Gasteiger partial charge is 0.327 e. The normalized spacial score (nSPS) is 5.31. The van der Waals surface area contributed by atoms with E-state index >= 15 is 0 Å². The molecule has 0 fully saturated rings. The lowest BCUT2D eigenvalue weighted by atomic mass is 10.7.